The average Bonchev–Trinajstić information content (AvgIpc) is 3.67. The van der Waals surface area contributed by atoms with Crippen LogP contribution >= 0.6 is 0 Å². The number of amides is 1. The lowest BCUT2D eigenvalue weighted by atomic mass is 10.1. The van der Waals surface area contributed by atoms with E-state index in [-0.39, 0.29) is 11.5 Å². The van der Waals surface area contributed by atoms with Crippen molar-refractivity contribution < 1.29 is 9.53 Å². The van der Waals surface area contributed by atoms with Gasteiger partial charge in [0.1, 0.15) is 5.60 Å². The molecule has 1 unspecified atom stereocenters. The van der Waals surface area contributed by atoms with Crippen molar-refractivity contribution >= 4 is 17.1 Å². The van der Waals surface area contributed by atoms with E-state index in [0.717, 1.165) is 41.7 Å². The molecule has 0 radical (unpaired) electrons. The monoisotopic (exact) mass is 495 g/mol. The number of anilines is 1. The molecule has 7 rings (SSSR count). The highest BCUT2D eigenvalue weighted by Gasteiger charge is 2.39. The molecule has 1 saturated heterocycles. The van der Waals surface area contributed by atoms with E-state index in [9.17, 15) is 4.79 Å². The number of pyridine rings is 1. The number of nitrogens with one attached hydrogen (secondary N) is 1. The molecule has 1 aliphatic heterocycles. The lowest BCUT2D eigenvalue weighted by molar-refractivity contribution is 0.102. The number of aryl methyl sites for hydroxylation is 1. The van der Waals surface area contributed by atoms with Gasteiger partial charge in [-0.3, -0.25) is 9.48 Å². The molecule has 11 nitrogen and oxygen atoms in total. The van der Waals surface area contributed by atoms with Gasteiger partial charge in [-0.25, -0.2) is 4.52 Å². The van der Waals surface area contributed by atoms with E-state index in [1.54, 1.807) is 15.5 Å². The third kappa shape index (κ3) is 4.16. The third-order valence-electron chi connectivity index (χ3n) is 6.91. The smallest absolute Gasteiger partial charge is 0.259 e. The summed E-state index contributed by atoms with van der Waals surface area (Å²) in [5.74, 6) is 0.308. The quantitative estimate of drug-likeness (QED) is 0.343. The first kappa shape index (κ1) is 21.9. The number of nitrogens with zero attached hydrogens (tertiary/aromatic N) is 8. The minimum Gasteiger partial charge on any atom is -0.368 e. The maximum absolute atomic E-state index is 13.4. The van der Waals surface area contributed by atoms with Gasteiger partial charge >= 0.3 is 0 Å². The molecule has 1 N–H and O–H groups in total. The number of fused-ring (bicyclic) bond motifs is 1. The summed E-state index contributed by atoms with van der Waals surface area (Å²) in [7, 11) is 0. The first-order chi connectivity index (χ1) is 17.9. The molecule has 1 atom stereocenters. The summed E-state index contributed by atoms with van der Waals surface area (Å²) >= 11 is 0. The zero-order chi connectivity index (χ0) is 25.1. The van der Waals surface area contributed by atoms with Crippen LogP contribution in [0.25, 0.3) is 28.0 Å². The summed E-state index contributed by atoms with van der Waals surface area (Å²) in [6, 6.07) is 10.1. The lowest BCUT2D eigenvalue weighted by Crippen LogP contribution is -2.15. The van der Waals surface area contributed by atoms with Gasteiger partial charge in [-0.1, -0.05) is 12.1 Å². The molecule has 0 bridgehead atoms. The van der Waals surface area contributed by atoms with Crippen LogP contribution in [0.2, 0.25) is 0 Å². The van der Waals surface area contributed by atoms with E-state index in [1.165, 1.54) is 0 Å². The van der Waals surface area contributed by atoms with Gasteiger partial charge in [0.25, 0.3) is 5.91 Å². The van der Waals surface area contributed by atoms with Gasteiger partial charge in [-0.15, -0.1) is 10.2 Å². The zero-order valence-electron chi connectivity index (χ0n) is 20.5. The zero-order valence-corrected chi connectivity index (χ0v) is 20.5. The predicted octanol–water partition coefficient (Wildman–Crippen LogP) is 3.54. The standard InChI is InChI=1S/C26H25N9O2/c1-16-3-4-18(24-30-32-35(31-24)20-5-6-20)9-22(16)29-25(36)21-12-28-34-8-7-17(10-23(21)34)19-11-27-33(13-19)14-26(2)15-37-26/h3-4,7-13,20H,5-6,14-15H2,1-2H3,(H,29,36). The topological polar surface area (TPSA) is 120 Å². The summed E-state index contributed by atoms with van der Waals surface area (Å²) in [4.78, 5) is 15.0. The van der Waals surface area contributed by atoms with Crippen LogP contribution in [-0.2, 0) is 11.3 Å². The molecule has 186 valence electrons. The number of hydrogen-bond donors (Lipinski definition) is 1. The van der Waals surface area contributed by atoms with E-state index in [1.807, 2.05) is 60.5 Å². The van der Waals surface area contributed by atoms with Crippen molar-refractivity contribution in [2.45, 2.75) is 44.9 Å². The van der Waals surface area contributed by atoms with E-state index in [2.05, 4.69) is 37.8 Å². The molecule has 1 aromatic carbocycles. The first-order valence-corrected chi connectivity index (χ1v) is 12.3. The number of hydrogen-bond acceptors (Lipinski definition) is 7. The molecule has 37 heavy (non-hydrogen) atoms. The van der Waals surface area contributed by atoms with Crippen LogP contribution in [0.5, 0.6) is 0 Å². The molecule has 0 spiro atoms. The minimum absolute atomic E-state index is 0.122. The fourth-order valence-electron chi connectivity index (χ4n) is 4.38. The van der Waals surface area contributed by atoms with Crippen molar-refractivity contribution in [3.63, 3.8) is 0 Å². The molecule has 2 aliphatic rings. The van der Waals surface area contributed by atoms with Gasteiger partial charge in [0.2, 0.25) is 5.82 Å². The third-order valence-corrected chi connectivity index (χ3v) is 6.91. The van der Waals surface area contributed by atoms with Crippen molar-refractivity contribution in [1.82, 2.24) is 39.6 Å². The van der Waals surface area contributed by atoms with Crippen molar-refractivity contribution in [3.05, 3.63) is 66.2 Å². The Kier molecular flexibility index (Phi) is 4.77. The minimum atomic E-state index is -0.239. The highest BCUT2D eigenvalue weighted by Crippen LogP contribution is 2.34. The van der Waals surface area contributed by atoms with Crippen LogP contribution in [0, 0.1) is 6.92 Å². The number of aromatic nitrogens is 8. The largest absolute Gasteiger partial charge is 0.368 e. The van der Waals surface area contributed by atoms with Crippen LogP contribution in [0.3, 0.4) is 0 Å². The van der Waals surface area contributed by atoms with Gasteiger partial charge < -0.3 is 10.1 Å². The number of carbonyl (C=O) groups is 1. The molecule has 1 saturated carbocycles. The highest BCUT2D eigenvalue weighted by molar-refractivity contribution is 6.09. The molecule has 5 aromatic rings. The average molecular weight is 496 g/mol. The molecule has 4 aromatic heterocycles. The second kappa shape index (κ2) is 8.07. The van der Waals surface area contributed by atoms with Gasteiger partial charge in [-0.05, 0) is 61.2 Å². The van der Waals surface area contributed by atoms with Crippen molar-refractivity contribution in [1.29, 1.82) is 0 Å². The maximum Gasteiger partial charge on any atom is 0.259 e. The Hall–Kier alpha value is -4.38. The summed E-state index contributed by atoms with van der Waals surface area (Å²) in [6.45, 7) is 5.48. The van der Waals surface area contributed by atoms with E-state index >= 15 is 0 Å². The van der Waals surface area contributed by atoms with Gasteiger partial charge in [0.05, 0.1) is 42.7 Å². The number of carbonyl (C=O) groups excluding carboxylic acids is 1. The molecule has 2 fully saturated rings. The van der Waals surface area contributed by atoms with E-state index in [4.69, 9.17) is 4.74 Å². The normalized spacial score (nSPS) is 18.9. The van der Waals surface area contributed by atoms with Gasteiger partial charge in [0, 0.05) is 29.2 Å². The SMILES string of the molecule is Cc1ccc(-c2nnn(C3CC3)n2)cc1NC(=O)c1cnn2ccc(-c3cnn(CC4(C)CO4)c3)cc12. The summed E-state index contributed by atoms with van der Waals surface area (Å²) in [5.41, 5.74) is 5.43. The fraction of sp³-hybridized carbons (Fsp3) is 0.308. The predicted molar refractivity (Wildman–Crippen MR) is 135 cm³/mol. The number of epoxide rings is 1. The molecule has 1 amide bonds. The Morgan fingerprint density at radius 3 is 2.81 bits per heavy atom. The van der Waals surface area contributed by atoms with E-state index in [0.29, 0.717) is 35.2 Å². The Balaban J connectivity index is 1.15. The Morgan fingerprint density at radius 1 is 1.14 bits per heavy atom. The van der Waals surface area contributed by atoms with Crippen LogP contribution in [0.1, 0.15) is 41.7 Å². The molecule has 5 heterocycles. The first-order valence-electron chi connectivity index (χ1n) is 12.3. The molecule has 11 heteroatoms. The summed E-state index contributed by atoms with van der Waals surface area (Å²) in [6.07, 6.45) is 9.44. The van der Waals surface area contributed by atoms with Crippen molar-refractivity contribution in [2.75, 3.05) is 11.9 Å². The second-order valence-electron chi connectivity index (χ2n) is 10.1. The van der Waals surface area contributed by atoms with Crippen LogP contribution in [-0.4, -0.2) is 57.7 Å². The van der Waals surface area contributed by atoms with Crippen molar-refractivity contribution in [2.24, 2.45) is 0 Å². The Labute approximate surface area is 212 Å². The van der Waals surface area contributed by atoms with Crippen LogP contribution in [0.15, 0.2) is 55.1 Å². The fourth-order valence-corrected chi connectivity index (χ4v) is 4.38. The van der Waals surface area contributed by atoms with Crippen LogP contribution < -0.4 is 5.32 Å². The molecule has 1 aliphatic carbocycles. The second-order valence-corrected chi connectivity index (χ2v) is 10.1. The van der Waals surface area contributed by atoms with Gasteiger partial charge in [0.15, 0.2) is 0 Å². The summed E-state index contributed by atoms with van der Waals surface area (Å²) in [5, 5.41) is 24.8. The number of benzene rings is 1. The number of ether oxygens (including phenoxy) is 1. The van der Waals surface area contributed by atoms with Crippen molar-refractivity contribution in [3.8, 4) is 22.5 Å². The molecular formula is C26H25N9O2. The highest BCUT2D eigenvalue weighted by atomic mass is 16.6. The molecular weight excluding hydrogens is 470 g/mol. The number of tetrazole rings is 1. The summed E-state index contributed by atoms with van der Waals surface area (Å²) < 4.78 is 9.07. The van der Waals surface area contributed by atoms with E-state index < -0.39 is 0 Å². The van der Waals surface area contributed by atoms with Crippen LogP contribution in [0.4, 0.5) is 5.69 Å². The Bertz CT molecular complexity index is 1660. The lowest BCUT2D eigenvalue weighted by Gasteiger charge is -2.09. The van der Waals surface area contributed by atoms with Gasteiger partial charge in [-0.2, -0.15) is 15.0 Å². The Morgan fingerprint density at radius 2 is 2.00 bits per heavy atom. The maximum atomic E-state index is 13.4. The number of rotatable bonds is 7.